The molecule has 13 heteroatoms. The number of terminal acetylenes is 1. The van der Waals surface area contributed by atoms with Gasteiger partial charge in [0.1, 0.15) is 36.1 Å². The summed E-state index contributed by atoms with van der Waals surface area (Å²) in [5.41, 5.74) is 1.02. The van der Waals surface area contributed by atoms with Gasteiger partial charge in [0.15, 0.2) is 11.6 Å². The molecule has 3 saturated heterocycles. The first-order valence-electron chi connectivity index (χ1n) is 16.9. The number of rotatable bonds is 7. The number of ether oxygens (including phenoxy) is 1. The lowest BCUT2D eigenvalue weighted by atomic mass is 9.95. The van der Waals surface area contributed by atoms with Gasteiger partial charge < -0.3 is 14.5 Å². The molecule has 0 bridgehead atoms. The number of nitrogens with zero attached hydrogens (tertiary/aromatic N) is 8. The highest BCUT2D eigenvalue weighted by Gasteiger charge is 2.49. The van der Waals surface area contributed by atoms with Crippen molar-refractivity contribution in [3.8, 4) is 29.6 Å². The summed E-state index contributed by atoms with van der Waals surface area (Å²) in [6.07, 6.45) is 12.3. The van der Waals surface area contributed by atoms with E-state index in [9.17, 15) is 13.6 Å². The summed E-state index contributed by atoms with van der Waals surface area (Å²) >= 11 is 0. The molecule has 2 aromatic carbocycles. The summed E-state index contributed by atoms with van der Waals surface area (Å²) in [6, 6.07) is 12.5. The average molecular weight is 691 g/mol. The van der Waals surface area contributed by atoms with Gasteiger partial charge in [-0.1, -0.05) is 36.3 Å². The molecule has 6 heterocycles. The highest BCUT2D eigenvalue weighted by atomic mass is 19.1. The minimum atomic E-state index is -0.943. The molecule has 3 aliphatic heterocycles. The number of hydrogen-bond donors (Lipinski definition) is 0. The van der Waals surface area contributed by atoms with E-state index in [0.29, 0.717) is 40.7 Å². The first-order chi connectivity index (χ1) is 24.8. The van der Waals surface area contributed by atoms with Gasteiger partial charge in [-0.25, -0.2) is 23.1 Å². The van der Waals surface area contributed by atoms with E-state index in [-0.39, 0.29) is 55.7 Å². The highest BCUT2D eigenvalue weighted by molar-refractivity contribution is 6.02. The Labute approximate surface area is 292 Å². The number of carbonyl (C=O) groups excluding carboxylic acids is 1. The second-order valence-electron chi connectivity index (χ2n) is 13.1. The van der Waals surface area contributed by atoms with Crippen LogP contribution in [-0.2, 0) is 4.79 Å². The van der Waals surface area contributed by atoms with Crippen LogP contribution in [0.2, 0.25) is 0 Å². The molecule has 5 aromatic rings. The number of alkyl halides is 1. The lowest BCUT2D eigenvalue weighted by Crippen LogP contribution is -2.49. The second kappa shape index (κ2) is 13.3. The number of anilines is 1. The Balaban J connectivity index is 1.15. The molecule has 51 heavy (non-hydrogen) atoms. The van der Waals surface area contributed by atoms with Crippen molar-refractivity contribution in [3.05, 3.63) is 84.1 Å². The van der Waals surface area contributed by atoms with E-state index in [0.717, 1.165) is 30.8 Å². The Hall–Kier alpha value is -5.61. The molecule has 258 valence electrons. The summed E-state index contributed by atoms with van der Waals surface area (Å²) in [7, 11) is 0. The van der Waals surface area contributed by atoms with Crippen LogP contribution in [0.15, 0.2) is 67.0 Å². The van der Waals surface area contributed by atoms with Gasteiger partial charge >= 0.3 is 6.01 Å². The summed E-state index contributed by atoms with van der Waals surface area (Å²) in [6.45, 7) is 2.22. The van der Waals surface area contributed by atoms with Crippen LogP contribution in [0, 0.1) is 18.2 Å². The van der Waals surface area contributed by atoms with Crippen LogP contribution in [0.4, 0.5) is 19.0 Å². The van der Waals surface area contributed by atoms with Crippen molar-refractivity contribution < 1.29 is 22.7 Å². The number of carbonyl (C=O) groups is 1. The standard InChI is InChI=1S/C38H33F3N8O2/c1-2-24-6-3-7-25-8-4-9-28(31(24)25)33-32(41)34-29(20-43-33)35(46-37(45-34)51-22-38-11-5-13-49(38)21-26(39)19-38)47-14-16-48(17-15-47)36(50)30(40)18-27-10-12-42-23-44-27/h1,3-4,6-10,12,18,20,23,26H,5,11,13-17,19,21-22H2/b30-18-/t26?,38-/m0/s1. The molecule has 3 aliphatic rings. The minimum absolute atomic E-state index is 0.00287. The van der Waals surface area contributed by atoms with Crippen molar-refractivity contribution in [2.24, 2.45) is 0 Å². The van der Waals surface area contributed by atoms with E-state index in [1.807, 2.05) is 29.2 Å². The van der Waals surface area contributed by atoms with Crippen LogP contribution in [-0.4, -0.2) is 98.2 Å². The quantitative estimate of drug-likeness (QED) is 0.165. The Bertz CT molecular complexity index is 2220. The zero-order chi connectivity index (χ0) is 35.1. The summed E-state index contributed by atoms with van der Waals surface area (Å²) < 4.78 is 52.5. The molecule has 0 radical (unpaired) electrons. The monoisotopic (exact) mass is 690 g/mol. The number of pyridine rings is 1. The molecule has 10 nitrogen and oxygen atoms in total. The number of amides is 1. The second-order valence-corrected chi connectivity index (χ2v) is 13.1. The van der Waals surface area contributed by atoms with Crippen LogP contribution in [0.25, 0.3) is 39.0 Å². The van der Waals surface area contributed by atoms with Gasteiger partial charge in [-0.15, -0.1) is 6.42 Å². The molecule has 3 aromatic heterocycles. The van der Waals surface area contributed by atoms with Gasteiger partial charge in [0, 0.05) is 74.1 Å². The third-order valence-corrected chi connectivity index (χ3v) is 10.1. The number of aromatic nitrogens is 5. The fourth-order valence-electron chi connectivity index (χ4n) is 7.67. The van der Waals surface area contributed by atoms with Crippen molar-refractivity contribution in [1.29, 1.82) is 0 Å². The van der Waals surface area contributed by atoms with E-state index in [4.69, 9.17) is 16.1 Å². The average Bonchev–Trinajstić information content (AvgIpc) is 3.69. The van der Waals surface area contributed by atoms with E-state index in [1.165, 1.54) is 29.7 Å². The zero-order valence-electron chi connectivity index (χ0n) is 27.6. The predicted molar refractivity (Wildman–Crippen MR) is 187 cm³/mol. The van der Waals surface area contributed by atoms with E-state index in [2.05, 4.69) is 30.8 Å². The molecular weight excluding hydrogens is 657 g/mol. The molecule has 2 atom stereocenters. The smallest absolute Gasteiger partial charge is 0.319 e. The molecule has 0 N–H and O–H groups in total. The summed E-state index contributed by atoms with van der Waals surface area (Å²) in [5, 5.41) is 1.89. The van der Waals surface area contributed by atoms with Gasteiger partial charge in [-0.2, -0.15) is 9.97 Å². The molecule has 0 aliphatic carbocycles. The van der Waals surface area contributed by atoms with Gasteiger partial charge in [0.2, 0.25) is 0 Å². The van der Waals surface area contributed by atoms with Crippen molar-refractivity contribution in [2.45, 2.75) is 31.0 Å². The van der Waals surface area contributed by atoms with E-state index < -0.39 is 29.3 Å². The Morgan fingerprint density at radius 3 is 2.69 bits per heavy atom. The maximum absolute atomic E-state index is 16.8. The molecule has 8 rings (SSSR count). The van der Waals surface area contributed by atoms with Crippen LogP contribution < -0.4 is 9.64 Å². The zero-order valence-corrected chi connectivity index (χ0v) is 27.6. The molecule has 1 amide bonds. The maximum atomic E-state index is 16.8. The SMILES string of the molecule is C#Cc1cccc2cccc(-c3ncc4c(N5CCN(C(=O)/C(F)=C/c6ccncn6)CC5)nc(OC[C@@]56CCCN5CC(F)C6)nc4c3F)c12. The third-order valence-electron chi connectivity index (χ3n) is 10.1. The molecular formula is C38H33F3N8O2. The molecule has 0 spiro atoms. The molecule has 0 saturated carbocycles. The van der Waals surface area contributed by atoms with Crippen molar-refractivity contribution >= 4 is 39.5 Å². The Kier molecular flexibility index (Phi) is 8.47. The van der Waals surface area contributed by atoms with Crippen molar-refractivity contribution in [3.63, 3.8) is 0 Å². The van der Waals surface area contributed by atoms with E-state index >= 15 is 4.39 Å². The lowest BCUT2D eigenvalue weighted by molar-refractivity contribution is -0.128. The van der Waals surface area contributed by atoms with Crippen LogP contribution in [0.3, 0.4) is 0 Å². The van der Waals surface area contributed by atoms with Crippen LogP contribution in [0.1, 0.15) is 30.5 Å². The summed E-state index contributed by atoms with van der Waals surface area (Å²) in [5.74, 6) is 0.705. The number of hydrogen-bond acceptors (Lipinski definition) is 9. The molecule has 3 fully saturated rings. The first kappa shape index (κ1) is 32.6. The fraction of sp³-hybridized carbons (Fsp3) is 0.316. The van der Waals surface area contributed by atoms with Crippen molar-refractivity contribution in [2.75, 3.05) is 50.8 Å². The minimum Gasteiger partial charge on any atom is -0.461 e. The normalized spacial score (nSPS) is 20.9. The maximum Gasteiger partial charge on any atom is 0.319 e. The number of halogens is 3. The van der Waals surface area contributed by atoms with Gasteiger partial charge in [-0.05, 0) is 36.9 Å². The van der Waals surface area contributed by atoms with Crippen LogP contribution in [0.5, 0.6) is 6.01 Å². The van der Waals surface area contributed by atoms with Crippen molar-refractivity contribution in [1.82, 2.24) is 34.7 Å². The fourth-order valence-corrected chi connectivity index (χ4v) is 7.67. The topological polar surface area (TPSA) is 100 Å². The van der Waals surface area contributed by atoms with Gasteiger partial charge in [-0.3, -0.25) is 14.7 Å². The highest BCUT2D eigenvalue weighted by Crippen LogP contribution is 2.41. The number of benzene rings is 2. The lowest BCUT2D eigenvalue weighted by Gasteiger charge is -2.35. The van der Waals surface area contributed by atoms with Gasteiger partial charge in [0.25, 0.3) is 5.91 Å². The largest absolute Gasteiger partial charge is 0.461 e. The summed E-state index contributed by atoms with van der Waals surface area (Å²) in [4.78, 5) is 40.0. The Morgan fingerprint density at radius 1 is 1.08 bits per heavy atom. The first-order valence-corrected chi connectivity index (χ1v) is 16.9. The Morgan fingerprint density at radius 2 is 1.90 bits per heavy atom. The number of fused-ring (bicyclic) bond motifs is 3. The predicted octanol–water partition coefficient (Wildman–Crippen LogP) is 5.37. The molecule has 1 unspecified atom stereocenters. The van der Waals surface area contributed by atoms with Crippen LogP contribution >= 0.6 is 0 Å². The number of piperazine rings is 1. The van der Waals surface area contributed by atoms with E-state index in [1.54, 1.807) is 12.1 Å². The third kappa shape index (κ3) is 5.99. The van der Waals surface area contributed by atoms with Gasteiger partial charge in [0.05, 0.1) is 16.6 Å².